The minimum Gasteiger partial charge on any atom is -0.493 e. The molecule has 4 rings (SSSR count). The summed E-state index contributed by atoms with van der Waals surface area (Å²) in [4.78, 5) is 24.6. The zero-order chi connectivity index (χ0) is 20.4. The van der Waals surface area contributed by atoms with E-state index in [1.165, 1.54) is 0 Å². The van der Waals surface area contributed by atoms with E-state index in [9.17, 15) is 4.79 Å². The van der Waals surface area contributed by atoms with E-state index < -0.39 is 0 Å². The van der Waals surface area contributed by atoms with Crippen LogP contribution in [0, 0.1) is 6.92 Å². The lowest BCUT2D eigenvalue weighted by Crippen LogP contribution is -2.15. The summed E-state index contributed by atoms with van der Waals surface area (Å²) in [6.45, 7) is 1.88. The second kappa shape index (κ2) is 7.75. The number of nitrogens with one attached hydrogen (secondary N) is 1. The minimum absolute atomic E-state index is 0.127. The van der Waals surface area contributed by atoms with E-state index in [0.29, 0.717) is 23.5 Å². The Morgan fingerprint density at radius 3 is 2.34 bits per heavy atom. The second-order valence-corrected chi connectivity index (χ2v) is 6.74. The molecule has 0 fully saturated rings. The van der Waals surface area contributed by atoms with Crippen LogP contribution in [-0.2, 0) is 6.42 Å². The van der Waals surface area contributed by atoms with Gasteiger partial charge in [-0.1, -0.05) is 6.07 Å². The number of fused-ring (bicyclic) bond motifs is 1. The first kappa shape index (κ1) is 18.7. The molecule has 0 saturated carbocycles. The van der Waals surface area contributed by atoms with Gasteiger partial charge in [-0.3, -0.25) is 14.8 Å². The highest BCUT2D eigenvalue weighted by atomic mass is 16.5. The van der Waals surface area contributed by atoms with Crippen LogP contribution < -0.4 is 15.0 Å². The Morgan fingerprint density at radius 1 is 0.966 bits per heavy atom. The maximum atomic E-state index is 12.8. The van der Waals surface area contributed by atoms with Crippen LogP contribution in [-0.4, -0.2) is 29.2 Å². The number of nitrogens with zero attached hydrogens (tertiary/aromatic N) is 2. The van der Waals surface area contributed by atoms with Gasteiger partial charge in [-0.05, 0) is 48.7 Å². The molecular weight excluding hydrogens is 366 g/mol. The molecule has 29 heavy (non-hydrogen) atoms. The first-order valence-electron chi connectivity index (χ1n) is 9.24. The lowest BCUT2D eigenvalue weighted by atomic mass is 10.00. The number of benzene rings is 1. The molecule has 0 spiro atoms. The smallest absolute Gasteiger partial charge is 0.252 e. The Hall–Kier alpha value is -3.67. The molecule has 0 saturated heterocycles. The third-order valence-electron chi connectivity index (χ3n) is 4.97. The maximum absolute atomic E-state index is 12.8. The fourth-order valence-electron chi connectivity index (χ4n) is 3.49. The summed E-state index contributed by atoms with van der Waals surface area (Å²) >= 11 is 0. The van der Waals surface area contributed by atoms with Crippen molar-refractivity contribution in [2.24, 2.45) is 0 Å². The van der Waals surface area contributed by atoms with Crippen molar-refractivity contribution in [1.82, 2.24) is 15.0 Å². The highest BCUT2D eigenvalue weighted by Crippen LogP contribution is 2.34. The van der Waals surface area contributed by atoms with Gasteiger partial charge in [-0.25, -0.2) is 0 Å². The lowest BCUT2D eigenvalue weighted by molar-refractivity contribution is 0.356. The van der Waals surface area contributed by atoms with Gasteiger partial charge in [0.25, 0.3) is 5.56 Å². The first-order valence-corrected chi connectivity index (χ1v) is 9.24. The molecule has 3 heterocycles. The fourth-order valence-corrected chi connectivity index (χ4v) is 3.49. The van der Waals surface area contributed by atoms with Crippen molar-refractivity contribution in [3.63, 3.8) is 0 Å². The number of methoxy groups -OCH3 is 2. The van der Waals surface area contributed by atoms with Gasteiger partial charge in [-0.2, -0.15) is 0 Å². The standard InChI is InChI=1S/C23H21N3O3/c1-14-17-12-21(28-2)22(29-3)13-18(17)19(23(27)25-14)11-16-5-4-6-20(26-16)15-7-9-24-10-8-15/h4-10,12-13H,11H2,1-3H3,(H,25,27). The molecule has 1 aromatic carbocycles. The number of hydrogen-bond acceptors (Lipinski definition) is 5. The number of hydrogen-bond donors (Lipinski definition) is 1. The van der Waals surface area contributed by atoms with E-state index in [1.807, 2.05) is 49.4 Å². The molecule has 6 nitrogen and oxygen atoms in total. The molecule has 0 atom stereocenters. The van der Waals surface area contributed by atoms with E-state index in [-0.39, 0.29) is 5.56 Å². The third kappa shape index (κ3) is 3.57. The minimum atomic E-state index is -0.127. The number of rotatable bonds is 5. The largest absolute Gasteiger partial charge is 0.493 e. The van der Waals surface area contributed by atoms with Crippen LogP contribution in [0.15, 0.2) is 59.7 Å². The topological polar surface area (TPSA) is 77.1 Å². The summed E-state index contributed by atoms with van der Waals surface area (Å²) in [7, 11) is 3.18. The molecule has 0 amide bonds. The average molecular weight is 387 g/mol. The van der Waals surface area contributed by atoms with E-state index in [0.717, 1.165) is 33.4 Å². The van der Waals surface area contributed by atoms with Crippen LogP contribution in [0.4, 0.5) is 0 Å². The quantitative estimate of drug-likeness (QED) is 0.562. The van der Waals surface area contributed by atoms with Crippen molar-refractivity contribution in [3.8, 4) is 22.8 Å². The number of aromatic amines is 1. The van der Waals surface area contributed by atoms with Gasteiger partial charge < -0.3 is 14.5 Å². The normalized spacial score (nSPS) is 10.9. The lowest BCUT2D eigenvalue weighted by Gasteiger charge is -2.13. The van der Waals surface area contributed by atoms with Crippen LogP contribution in [0.3, 0.4) is 0 Å². The molecule has 1 N–H and O–H groups in total. The zero-order valence-electron chi connectivity index (χ0n) is 16.5. The molecule has 0 bridgehead atoms. The molecule has 6 heteroatoms. The Balaban J connectivity index is 1.84. The molecular formula is C23H21N3O3. The highest BCUT2D eigenvalue weighted by Gasteiger charge is 2.15. The van der Waals surface area contributed by atoms with E-state index >= 15 is 0 Å². The maximum Gasteiger partial charge on any atom is 0.252 e. The number of aryl methyl sites for hydroxylation is 1. The summed E-state index contributed by atoms with van der Waals surface area (Å²) in [5, 5.41) is 1.75. The van der Waals surface area contributed by atoms with E-state index in [4.69, 9.17) is 14.5 Å². The second-order valence-electron chi connectivity index (χ2n) is 6.74. The van der Waals surface area contributed by atoms with Crippen LogP contribution in [0.25, 0.3) is 22.0 Å². The third-order valence-corrected chi connectivity index (χ3v) is 4.97. The van der Waals surface area contributed by atoms with Crippen molar-refractivity contribution < 1.29 is 9.47 Å². The summed E-state index contributed by atoms with van der Waals surface area (Å²) in [6, 6.07) is 13.4. The summed E-state index contributed by atoms with van der Waals surface area (Å²) in [5.41, 5.74) is 3.94. The van der Waals surface area contributed by atoms with Crippen LogP contribution in [0.2, 0.25) is 0 Å². The molecule has 0 aliphatic rings. The molecule has 146 valence electrons. The Labute approximate surface area is 168 Å². The highest BCUT2D eigenvalue weighted by molar-refractivity contribution is 5.90. The molecule has 3 aromatic heterocycles. The summed E-state index contributed by atoms with van der Waals surface area (Å²) < 4.78 is 10.9. The van der Waals surface area contributed by atoms with Gasteiger partial charge in [-0.15, -0.1) is 0 Å². The predicted octanol–water partition coefficient (Wildman–Crippen LogP) is 3.90. The predicted molar refractivity (Wildman–Crippen MR) is 113 cm³/mol. The van der Waals surface area contributed by atoms with Crippen molar-refractivity contribution >= 4 is 10.8 Å². The zero-order valence-corrected chi connectivity index (χ0v) is 16.5. The Bertz CT molecular complexity index is 1230. The molecule has 0 unspecified atom stereocenters. The van der Waals surface area contributed by atoms with E-state index in [1.54, 1.807) is 26.6 Å². The van der Waals surface area contributed by atoms with Gasteiger partial charge in [0.05, 0.1) is 19.9 Å². The molecule has 0 aliphatic heterocycles. The molecule has 4 aromatic rings. The fraction of sp³-hybridized carbons (Fsp3) is 0.174. The molecule has 0 aliphatic carbocycles. The Morgan fingerprint density at radius 2 is 1.66 bits per heavy atom. The number of H-pyrrole nitrogens is 1. The number of aromatic nitrogens is 3. The molecule has 0 radical (unpaired) electrons. The summed E-state index contributed by atoms with van der Waals surface area (Å²) in [6.07, 6.45) is 3.88. The average Bonchev–Trinajstić information content (AvgIpc) is 2.76. The van der Waals surface area contributed by atoms with Crippen molar-refractivity contribution in [2.75, 3.05) is 14.2 Å². The Kier molecular flexibility index (Phi) is 4.99. The van der Waals surface area contributed by atoms with Crippen LogP contribution in [0.1, 0.15) is 17.0 Å². The number of ether oxygens (including phenoxy) is 2. The van der Waals surface area contributed by atoms with Crippen LogP contribution >= 0.6 is 0 Å². The number of pyridine rings is 3. The SMILES string of the molecule is COc1cc2c(C)[nH]c(=O)c(Cc3cccc(-c4ccncc4)n3)c2cc1OC. The van der Waals surface area contributed by atoms with Gasteiger partial charge in [0, 0.05) is 46.7 Å². The summed E-state index contributed by atoms with van der Waals surface area (Å²) in [5.74, 6) is 1.21. The van der Waals surface area contributed by atoms with Gasteiger partial charge >= 0.3 is 0 Å². The van der Waals surface area contributed by atoms with Gasteiger partial charge in [0.15, 0.2) is 11.5 Å². The van der Waals surface area contributed by atoms with Crippen molar-refractivity contribution in [2.45, 2.75) is 13.3 Å². The first-order chi connectivity index (χ1) is 14.1. The van der Waals surface area contributed by atoms with Crippen molar-refractivity contribution in [3.05, 3.63) is 82.2 Å². The van der Waals surface area contributed by atoms with Crippen LogP contribution in [0.5, 0.6) is 11.5 Å². The van der Waals surface area contributed by atoms with Crippen molar-refractivity contribution in [1.29, 1.82) is 0 Å². The van der Waals surface area contributed by atoms with Gasteiger partial charge in [0.1, 0.15) is 0 Å². The van der Waals surface area contributed by atoms with E-state index in [2.05, 4.69) is 9.97 Å². The monoisotopic (exact) mass is 387 g/mol. The van der Waals surface area contributed by atoms with Gasteiger partial charge in [0.2, 0.25) is 0 Å².